The Morgan fingerprint density at radius 2 is 2.00 bits per heavy atom. The molecule has 2 amide bonds. The third kappa shape index (κ3) is 4.79. The van der Waals surface area contributed by atoms with Crippen molar-refractivity contribution in [3.63, 3.8) is 0 Å². The lowest BCUT2D eigenvalue weighted by Crippen LogP contribution is -2.36. The minimum absolute atomic E-state index is 0.166. The van der Waals surface area contributed by atoms with Crippen LogP contribution < -0.4 is 10.6 Å². The van der Waals surface area contributed by atoms with Crippen molar-refractivity contribution in [1.29, 1.82) is 0 Å². The number of aromatic nitrogens is 1. The molecule has 0 bridgehead atoms. The Morgan fingerprint density at radius 3 is 2.57 bits per heavy atom. The summed E-state index contributed by atoms with van der Waals surface area (Å²) in [5, 5.41) is 17.4. The number of aryl methyl sites for hydroxylation is 1. The number of rotatable bonds is 6. The molecule has 0 radical (unpaired) electrons. The van der Waals surface area contributed by atoms with Crippen LogP contribution in [0.2, 0.25) is 0 Å². The van der Waals surface area contributed by atoms with E-state index in [-0.39, 0.29) is 17.6 Å². The number of nitrogens with zero attached hydrogens (tertiary/aromatic N) is 1. The van der Waals surface area contributed by atoms with E-state index in [0.29, 0.717) is 6.54 Å². The van der Waals surface area contributed by atoms with E-state index in [4.69, 9.17) is 5.11 Å². The molecule has 1 heterocycles. The number of hydrogen-bond acceptors (Lipinski definition) is 4. The van der Waals surface area contributed by atoms with Gasteiger partial charge in [-0.2, -0.15) is 0 Å². The van der Waals surface area contributed by atoms with Crippen molar-refractivity contribution in [3.8, 4) is 0 Å². The monoisotopic (exact) mass is 333 g/mol. The van der Waals surface area contributed by atoms with E-state index in [1.54, 1.807) is 23.5 Å². The molecule has 1 aromatic heterocycles. The highest BCUT2D eigenvalue weighted by Gasteiger charge is 2.12. The van der Waals surface area contributed by atoms with Crippen LogP contribution in [0.5, 0.6) is 0 Å². The summed E-state index contributed by atoms with van der Waals surface area (Å²) in [4.78, 5) is 27.1. The number of benzene rings is 1. The second-order valence-electron chi connectivity index (χ2n) is 5.07. The lowest BCUT2D eigenvalue weighted by molar-refractivity contribution is 0.0697. The van der Waals surface area contributed by atoms with Crippen LogP contribution in [0.25, 0.3) is 0 Å². The van der Waals surface area contributed by atoms with Crippen LogP contribution in [-0.4, -0.2) is 22.1 Å². The normalized spacial score (nSPS) is 11.7. The molecule has 0 aliphatic carbocycles. The van der Waals surface area contributed by atoms with Crippen molar-refractivity contribution >= 4 is 23.3 Å². The molecule has 0 fully saturated rings. The summed E-state index contributed by atoms with van der Waals surface area (Å²) in [6, 6.07) is 5.94. The lowest BCUT2D eigenvalue weighted by atomic mass is 10.1. The standard InChI is InChI=1S/C16H19N3O3S/c1-3-14-19-13(9-23-14)10(2)18-16(22)17-8-11-4-6-12(7-5-11)15(20)21/h4-7,9-10H,3,8H2,1-2H3,(H,20,21)(H2,17,18,22). The summed E-state index contributed by atoms with van der Waals surface area (Å²) in [6.07, 6.45) is 0.885. The fourth-order valence-electron chi connectivity index (χ4n) is 1.96. The maximum Gasteiger partial charge on any atom is 0.335 e. The zero-order chi connectivity index (χ0) is 16.8. The van der Waals surface area contributed by atoms with Crippen LogP contribution in [0, 0.1) is 0 Å². The highest BCUT2D eigenvalue weighted by molar-refractivity contribution is 7.09. The van der Waals surface area contributed by atoms with E-state index >= 15 is 0 Å². The van der Waals surface area contributed by atoms with E-state index in [2.05, 4.69) is 15.6 Å². The Bertz CT molecular complexity index is 682. The van der Waals surface area contributed by atoms with Crippen molar-refractivity contribution in [2.45, 2.75) is 32.9 Å². The minimum Gasteiger partial charge on any atom is -0.478 e. The Labute approximate surface area is 138 Å². The molecule has 0 spiro atoms. The zero-order valence-corrected chi connectivity index (χ0v) is 13.8. The molecule has 1 aromatic carbocycles. The maximum absolute atomic E-state index is 11.9. The van der Waals surface area contributed by atoms with Gasteiger partial charge >= 0.3 is 12.0 Å². The van der Waals surface area contributed by atoms with Gasteiger partial charge in [-0.15, -0.1) is 11.3 Å². The van der Waals surface area contributed by atoms with Crippen LogP contribution in [0.4, 0.5) is 4.79 Å². The van der Waals surface area contributed by atoms with E-state index in [0.717, 1.165) is 22.7 Å². The molecule has 3 N–H and O–H groups in total. The number of aromatic carboxylic acids is 1. The average molecular weight is 333 g/mol. The summed E-state index contributed by atoms with van der Waals surface area (Å²) in [5.41, 5.74) is 1.91. The Kier molecular flexibility index (Phi) is 5.70. The van der Waals surface area contributed by atoms with E-state index in [1.165, 1.54) is 12.1 Å². The number of hydrogen-bond donors (Lipinski definition) is 3. The van der Waals surface area contributed by atoms with E-state index < -0.39 is 5.97 Å². The van der Waals surface area contributed by atoms with Crippen LogP contribution in [0.15, 0.2) is 29.6 Å². The molecule has 0 saturated carbocycles. The molecule has 2 rings (SSSR count). The fourth-order valence-corrected chi connectivity index (χ4v) is 2.79. The molecule has 122 valence electrons. The number of thiazole rings is 1. The molecule has 6 nitrogen and oxygen atoms in total. The van der Waals surface area contributed by atoms with Gasteiger partial charge in [0.2, 0.25) is 0 Å². The minimum atomic E-state index is -0.967. The summed E-state index contributed by atoms with van der Waals surface area (Å²) >= 11 is 1.59. The van der Waals surface area contributed by atoms with Gasteiger partial charge in [-0.1, -0.05) is 19.1 Å². The van der Waals surface area contributed by atoms with Gasteiger partial charge in [0.1, 0.15) is 0 Å². The molecule has 0 aliphatic rings. The first-order chi connectivity index (χ1) is 11.0. The zero-order valence-electron chi connectivity index (χ0n) is 13.0. The predicted molar refractivity (Wildman–Crippen MR) is 88.7 cm³/mol. The van der Waals surface area contributed by atoms with Crippen molar-refractivity contribution in [2.24, 2.45) is 0 Å². The van der Waals surface area contributed by atoms with Gasteiger partial charge in [-0.25, -0.2) is 14.6 Å². The fraction of sp³-hybridized carbons (Fsp3) is 0.312. The van der Waals surface area contributed by atoms with Crippen molar-refractivity contribution in [3.05, 3.63) is 51.5 Å². The second-order valence-corrected chi connectivity index (χ2v) is 6.01. The molecule has 0 aliphatic heterocycles. The smallest absolute Gasteiger partial charge is 0.335 e. The van der Waals surface area contributed by atoms with Gasteiger partial charge in [0, 0.05) is 11.9 Å². The molecule has 23 heavy (non-hydrogen) atoms. The van der Waals surface area contributed by atoms with Gasteiger partial charge in [-0.3, -0.25) is 0 Å². The van der Waals surface area contributed by atoms with Crippen LogP contribution in [0.1, 0.15) is 46.5 Å². The van der Waals surface area contributed by atoms with Crippen molar-refractivity contribution < 1.29 is 14.7 Å². The second kappa shape index (κ2) is 7.73. The number of nitrogens with one attached hydrogen (secondary N) is 2. The Balaban J connectivity index is 1.83. The van der Waals surface area contributed by atoms with Crippen LogP contribution >= 0.6 is 11.3 Å². The Hall–Kier alpha value is -2.41. The number of carbonyl (C=O) groups excluding carboxylic acids is 1. The molecule has 7 heteroatoms. The molecule has 1 unspecified atom stereocenters. The third-order valence-electron chi connectivity index (χ3n) is 3.32. The number of carbonyl (C=O) groups is 2. The van der Waals surface area contributed by atoms with Crippen molar-refractivity contribution in [1.82, 2.24) is 15.6 Å². The Morgan fingerprint density at radius 1 is 1.30 bits per heavy atom. The molecule has 2 aromatic rings. The first-order valence-corrected chi connectivity index (χ1v) is 8.18. The number of carboxylic acids is 1. The van der Waals surface area contributed by atoms with Gasteiger partial charge in [-0.05, 0) is 31.0 Å². The average Bonchev–Trinajstić information content (AvgIpc) is 3.02. The number of amides is 2. The largest absolute Gasteiger partial charge is 0.478 e. The predicted octanol–water partition coefficient (Wildman–Crippen LogP) is 2.96. The maximum atomic E-state index is 11.9. The first-order valence-electron chi connectivity index (χ1n) is 7.30. The summed E-state index contributed by atoms with van der Waals surface area (Å²) in [6.45, 7) is 4.26. The van der Waals surface area contributed by atoms with Gasteiger partial charge in [0.05, 0.1) is 22.3 Å². The third-order valence-corrected chi connectivity index (χ3v) is 4.33. The SMILES string of the molecule is CCc1nc(C(C)NC(=O)NCc2ccc(C(=O)O)cc2)cs1. The molecule has 0 saturated heterocycles. The topological polar surface area (TPSA) is 91.3 Å². The van der Waals surface area contributed by atoms with Gasteiger partial charge < -0.3 is 15.7 Å². The summed E-state index contributed by atoms with van der Waals surface area (Å²) in [5.74, 6) is -0.967. The quantitative estimate of drug-likeness (QED) is 0.758. The molecular formula is C16H19N3O3S. The number of carboxylic acid groups (broad SMARTS) is 1. The van der Waals surface area contributed by atoms with Crippen LogP contribution in [-0.2, 0) is 13.0 Å². The number of urea groups is 1. The van der Waals surface area contributed by atoms with Gasteiger partial charge in [0.15, 0.2) is 0 Å². The van der Waals surface area contributed by atoms with E-state index in [9.17, 15) is 9.59 Å². The van der Waals surface area contributed by atoms with Gasteiger partial charge in [0.25, 0.3) is 0 Å². The lowest BCUT2D eigenvalue weighted by Gasteiger charge is -2.13. The first kappa shape index (κ1) is 17.0. The summed E-state index contributed by atoms with van der Waals surface area (Å²) in [7, 11) is 0. The molecule has 1 atom stereocenters. The highest BCUT2D eigenvalue weighted by atomic mass is 32.1. The van der Waals surface area contributed by atoms with Crippen molar-refractivity contribution in [2.75, 3.05) is 0 Å². The molecular weight excluding hydrogens is 314 g/mol. The summed E-state index contributed by atoms with van der Waals surface area (Å²) < 4.78 is 0. The van der Waals surface area contributed by atoms with E-state index in [1.807, 2.05) is 19.2 Å². The van der Waals surface area contributed by atoms with Crippen LogP contribution in [0.3, 0.4) is 0 Å². The highest BCUT2D eigenvalue weighted by Crippen LogP contribution is 2.16.